The maximum atomic E-state index is 12.8. The van der Waals surface area contributed by atoms with E-state index in [1.165, 1.54) is 0 Å². The van der Waals surface area contributed by atoms with E-state index in [-0.39, 0.29) is 12.1 Å². The highest BCUT2D eigenvalue weighted by molar-refractivity contribution is 6.77. The highest BCUT2D eigenvalue weighted by atomic mass is 28.4. The summed E-state index contributed by atoms with van der Waals surface area (Å²) in [7, 11) is -1.83. The average molecular weight is 427 g/mol. The van der Waals surface area contributed by atoms with Crippen LogP contribution in [0.25, 0.3) is 0 Å². The molecule has 2 fully saturated rings. The molecule has 2 saturated heterocycles. The van der Waals surface area contributed by atoms with Crippen LogP contribution in [0.15, 0.2) is 0 Å². The van der Waals surface area contributed by atoms with Crippen LogP contribution in [0.2, 0.25) is 16.6 Å². The van der Waals surface area contributed by atoms with Crippen LogP contribution in [-0.4, -0.2) is 57.2 Å². The summed E-state index contributed by atoms with van der Waals surface area (Å²) in [6.07, 6.45) is 2.02. The van der Waals surface area contributed by atoms with Crippen LogP contribution in [0, 0.1) is 11.8 Å². The zero-order chi connectivity index (χ0) is 22.0. The predicted octanol–water partition coefficient (Wildman–Crippen LogP) is 5.41. The van der Waals surface area contributed by atoms with Crippen molar-refractivity contribution < 1.29 is 14.0 Å². The fourth-order valence-electron chi connectivity index (χ4n) is 6.00. The summed E-state index contributed by atoms with van der Waals surface area (Å²) in [6, 6.07) is 0.255. The Hall–Kier alpha value is -0.593. The zero-order valence-electron chi connectivity index (χ0n) is 20.4. The number of nitrogens with one attached hydrogen (secondary N) is 1. The van der Waals surface area contributed by atoms with Crippen LogP contribution >= 0.6 is 0 Å². The summed E-state index contributed by atoms with van der Waals surface area (Å²) in [4.78, 5) is 14.8. The maximum absolute atomic E-state index is 12.8. The van der Waals surface area contributed by atoms with Gasteiger partial charge in [0.15, 0.2) is 8.32 Å². The van der Waals surface area contributed by atoms with E-state index in [0.29, 0.717) is 28.5 Å². The molecule has 3 unspecified atom stereocenters. The van der Waals surface area contributed by atoms with Crippen molar-refractivity contribution in [3.05, 3.63) is 0 Å². The topological polar surface area (TPSA) is 50.8 Å². The van der Waals surface area contributed by atoms with Gasteiger partial charge in [0.05, 0.1) is 6.04 Å². The van der Waals surface area contributed by atoms with E-state index in [0.717, 1.165) is 39.1 Å². The van der Waals surface area contributed by atoms with Crippen LogP contribution in [0.5, 0.6) is 0 Å². The number of piperidine rings is 1. The Kier molecular flexibility index (Phi) is 8.25. The Bertz CT molecular complexity index is 523. The summed E-state index contributed by atoms with van der Waals surface area (Å²) in [6.45, 7) is 23.4. The Morgan fingerprint density at radius 2 is 1.69 bits per heavy atom. The number of nitrogens with zero attached hydrogens (tertiary/aromatic N) is 1. The zero-order valence-corrected chi connectivity index (χ0v) is 21.4. The molecule has 0 aliphatic carbocycles. The molecule has 3 atom stereocenters. The molecule has 29 heavy (non-hydrogen) atoms. The molecule has 0 radical (unpaired) electrons. The molecule has 0 bridgehead atoms. The molecule has 1 amide bonds. The molecule has 170 valence electrons. The van der Waals surface area contributed by atoms with Gasteiger partial charge in [-0.15, -0.1) is 0 Å². The Labute approximate surface area is 180 Å². The van der Waals surface area contributed by atoms with Gasteiger partial charge >= 0.3 is 6.09 Å². The number of likely N-dealkylation sites (tertiary alicyclic amines) is 1. The van der Waals surface area contributed by atoms with E-state index < -0.39 is 13.9 Å². The predicted molar refractivity (Wildman–Crippen MR) is 123 cm³/mol. The minimum atomic E-state index is -1.83. The SMILES string of the molecule is CC(C)[Si](OCCC1CN(C(=O)OC(C)(C)C)C2CNCCC12)(C(C)C)C(C)C. The molecule has 0 spiro atoms. The van der Waals surface area contributed by atoms with Crippen LogP contribution in [0.4, 0.5) is 4.79 Å². The quantitative estimate of drug-likeness (QED) is 0.553. The largest absolute Gasteiger partial charge is 0.444 e. The van der Waals surface area contributed by atoms with E-state index in [9.17, 15) is 4.79 Å². The number of carbonyl (C=O) groups excluding carboxylic acids is 1. The van der Waals surface area contributed by atoms with Crippen LogP contribution in [0.1, 0.15) is 75.2 Å². The number of hydrogen-bond donors (Lipinski definition) is 1. The minimum absolute atomic E-state index is 0.158. The smallest absolute Gasteiger partial charge is 0.410 e. The molecule has 2 rings (SSSR count). The van der Waals surface area contributed by atoms with Gasteiger partial charge in [0.25, 0.3) is 0 Å². The molecule has 2 aliphatic rings. The van der Waals surface area contributed by atoms with Crippen molar-refractivity contribution in [2.24, 2.45) is 11.8 Å². The summed E-state index contributed by atoms with van der Waals surface area (Å²) >= 11 is 0. The van der Waals surface area contributed by atoms with Gasteiger partial charge in [0.2, 0.25) is 0 Å². The van der Waals surface area contributed by atoms with Crippen molar-refractivity contribution in [1.82, 2.24) is 10.2 Å². The lowest BCUT2D eigenvalue weighted by molar-refractivity contribution is 0.0194. The monoisotopic (exact) mass is 426 g/mol. The lowest BCUT2D eigenvalue weighted by Gasteiger charge is -2.42. The molecule has 6 heteroatoms. The second-order valence-electron chi connectivity index (χ2n) is 11.1. The number of fused-ring (bicyclic) bond motifs is 1. The van der Waals surface area contributed by atoms with Crippen molar-refractivity contribution in [2.75, 3.05) is 26.2 Å². The third-order valence-corrected chi connectivity index (χ3v) is 13.2. The summed E-state index contributed by atoms with van der Waals surface area (Å²) in [5.41, 5.74) is 1.37. The van der Waals surface area contributed by atoms with Crippen molar-refractivity contribution in [3.63, 3.8) is 0 Å². The third kappa shape index (κ3) is 5.56. The highest BCUT2D eigenvalue weighted by Gasteiger charge is 2.47. The number of ether oxygens (including phenoxy) is 1. The van der Waals surface area contributed by atoms with Gasteiger partial charge in [-0.1, -0.05) is 41.5 Å². The highest BCUT2D eigenvalue weighted by Crippen LogP contribution is 2.43. The van der Waals surface area contributed by atoms with Gasteiger partial charge in [-0.05, 0) is 68.6 Å². The fourth-order valence-corrected chi connectivity index (χ4v) is 11.5. The van der Waals surface area contributed by atoms with Gasteiger partial charge in [-0.2, -0.15) is 0 Å². The Balaban J connectivity index is 2.05. The van der Waals surface area contributed by atoms with E-state index in [4.69, 9.17) is 9.16 Å². The van der Waals surface area contributed by atoms with E-state index in [2.05, 4.69) is 46.9 Å². The lowest BCUT2D eigenvalue weighted by Crippen LogP contribution is -2.49. The van der Waals surface area contributed by atoms with Crippen molar-refractivity contribution in [3.8, 4) is 0 Å². The second kappa shape index (κ2) is 9.69. The molecule has 2 heterocycles. The second-order valence-corrected chi connectivity index (χ2v) is 16.5. The van der Waals surface area contributed by atoms with E-state index >= 15 is 0 Å². The molecule has 0 aromatic carbocycles. The number of hydrogen-bond acceptors (Lipinski definition) is 4. The van der Waals surface area contributed by atoms with Gasteiger partial charge in [0.1, 0.15) is 5.60 Å². The first-order chi connectivity index (χ1) is 13.4. The normalized spacial score (nSPS) is 25.8. The van der Waals surface area contributed by atoms with Crippen LogP contribution in [-0.2, 0) is 9.16 Å². The molecule has 5 nitrogen and oxygen atoms in total. The van der Waals surface area contributed by atoms with E-state index in [1.807, 2.05) is 25.7 Å². The molecule has 2 aliphatic heterocycles. The average Bonchev–Trinajstić information content (AvgIpc) is 2.95. The minimum Gasteiger partial charge on any atom is -0.444 e. The van der Waals surface area contributed by atoms with Crippen molar-refractivity contribution >= 4 is 14.4 Å². The summed E-state index contributed by atoms with van der Waals surface area (Å²) < 4.78 is 12.5. The maximum Gasteiger partial charge on any atom is 0.410 e. The summed E-state index contributed by atoms with van der Waals surface area (Å²) in [5.74, 6) is 1.06. The number of carbonyl (C=O) groups is 1. The third-order valence-electron chi connectivity index (χ3n) is 7.11. The molecule has 0 saturated carbocycles. The number of amides is 1. The van der Waals surface area contributed by atoms with Crippen molar-refractivity contribution in [2.45, 2.75) is 103 Å². The van der Waals surface area contributed by atoms with Gasteiger partial charge in [0, 0.05) is 19.7 Å². The first kappa shape index (κ1) is 24.7. The van der Waals surface area contributed by atoms with E-state index in [1.54, 1.807) is 0 Å². The molecule has 0 aromatic heterocycles. The summed E-state index contributed by atoms with van der Waals surface area (Å²) in [5, 5.41) is 3.48. The molecule has 1 N–H and O–H groups in total. The number of rotatable bonds is 7. The molecular weight excluding hydrogens is 380 g/mol. The lowest BCUT2D eigenvalue weighted by atomic mass is 9.84. The Morgan fingerprint density at radius 1 is 1.10 bits per heavy atom. The Morgan fingerprint density at radius 3 is 2.21 bits per heavy atom. The van der Waals surface area contributed by atoms with Crippen molar-refractivity contribution in [1.29, 1.82) is 0 Å². The van der Waals surface area contributed by atoms with Crippen LogP contribution < -0.4 is 5.32 Å². The first-order valence-electron chi connectivity index (χ1n) is 11.7. The van der Waals surface area contributed by atoms with Crippen LogP contribution in [0.3, 0.4) is 0 Å². The van der Waals surface area contributed by atoms with Gasteiger partial charge < -0.3 is 19.4 Å². The molecular formula is C23H46N2O3Si. The first-order valence-corrected chi connectivity index (χ1v) is 13.9. The standard InChI is InChI=1S/C23H46N2O3Si/c1-16(2)29(17(3)4,18(5)6)27-13-11-19-15-25(22(26)28-23(7,8)9)21-14-24-12-10-20(19)21/h16-21,24H,10-15H2,1-9H3. The fraction of sp³-hybridized carbons (Fsp3) is 0.957. The molecule has 0 aromatic rings. The van der Waals surface area contributed by atoms with Gasteiger partial charge in [-0.3, -0.25) is 0 Å². The van der Waals surface area contributed by atoms with Gasteiger partial charge in [-0.25, -0.2) is 4.79 Å².